The van der Waals surface area contributed by atoms with Crippen LogP contribution in [0.15, 0.2) is 23.3 Å². The minimum Gasteiger partial charge on any atom is -0.381 e. The second-order valence-electron chi connectivity index (χ2n) is 7.22. The molecule has 1 aromatic rings. The van der Waals surface area contributed by atoms with Gasteiger partial charge in [-0.1, -0.05) is 17.7 Å². The van der Waals surface area contributed by atoms with Gasteiger partial charge in [-0.15, -0.1) is 24.0 Å². The average molecular weight is 538 g/mol. The molecular formula is C20H33ClIN5O2. The van der Waals surface area contributed by atoms with Crippen LogP contribution in [0.1, 0.15) is 18.9 Å². The van der Waals surface area contributed by atoms with E-state index in [0.717, 1.165) is 83.5 Å². The van der Waals surface area contributed by atoms with E-state index in [0.29, 0.717) is 17.1 Å². The van der Waals surface area contributed by atoms with Crippen molar-refractivity contribution in [2.45, 2.75) is 25.8 Å². The van der Waals surface area contributed by atoms with Gasteiger partial charge in [0.25, 0.3) is 0 Å². The molecule has 1 aromatic heterocycles. The molecule has 7 nitrogen and oxygen atoms in total. The van der Waals surface area contributed by atoms with Crippen molar-refractivity contribution in [3.8, 4) is 0 Å². The normalized spacial score (nSPS) is 21.4. The molecule has 3 heterocycles. The van der Waals surface area contributed by atoms with Crippen LogP contribution >= 0.6 is 35.6 Å². The zero-order chi connectivity index (χ0) is 19.6. The number of aliphatic imine (C=N–C) groups is 1. The Labute approximate surface area is 196 Å². The molecule has 0 amide bonds. The zero-order valence-electron chi connectivity index (χ0n) is 17.1. The van der Waals surface area contributed by atoms with E-state index in [1.165, 1.54) is 0 Å². The predicted molar refractivity (Wildman–Crippen MR) is 127 cm³/mol. The van der Waals surface area contributed by atoms with Gasteiger partial charge >= 0.3 is 0 Å². The predicted octanol–water partition coefficient (Wildman–Crippen LogP) is 2.19. The summed E-state index contributed by atoms with van der Waals surface area (Å²) in [5.74, 6) is 1.41. The number of rotatable bonds is 8. The fraction of sp³-hybridized carbons (Fsp3) is 0.700. The number of ether oxygens (including phenoxy) is 2. The van der Waals surface area contributed by atoms with E-state index >= 15 is 0 Å². The summed E-state index contributed by atoms with van der Waals surface area (Å²) < 4.78 is 11.2. The molecule has 3 rings (SSSR count). The van der Waals surface area contributed by atoms with Crippen LogP contribution in [0.5, 0.6) is 0 Å². The third-order valence-corrected chi connectivity index (χ3v) is 5.52. The van der Waals surface area contributed by atoms with Gasteiger partial charge in [0, 0.05) is 50.9 Å². The molecule has 0 spiro atoms. The molecule has 0 aliphatic carbocycles. The van der Waals surface area contributed by atoms with Crippen molar-refractivity contribution < 1.29 is 9.47 Å². The van der Waals surface area contributed by atoms with Gasteiger partial charge in [0.2, 0.25) is 0 Å². The largest absolute Gasteiger partial charge is 0.381 e. The van der Waals surface area contributed by atoms with Crippen LogP contribution in [0.4, 0.5) is 0 Å². The van der Waals surface area contributed by atoms with Gasteiger partial charge in [0.05, 0.1) is 26.4 Å². The lowest BCUT2D eigenvalue weighted by molar-refractivity contribution is 0.00368. The molecular weight excluding hydrogens is 505 g/mol. The molecule has 9 heteroatoms. The highest BCUT2D eigenvalue weighted by Crippen LogP contribution is 2.22. The first kappa shape index (κ1) is 24.6. The molecule has 0 bridgehead atoms. The number of nitrogens with zero attached hydrogens (tertiary/aromatic N) is 3. The molecule has 0 radical (unpaired) electrons. The van der Waals surface area contributed by atoms with Crippen molar-refractivity contribution in [3.63, 3.8) is 0 Å². The van der Waals surface area contributed by atoms with Crippen molar-refractivity contribution in [2.75, 3.05) is 59.2 Å². The number of pyridine rings is 1. The number of morpholine rings is 1. The molecule has 2 N–H and O–H groups in total. The molecule has 2 aliphatic rings. The molecule has 29 heavy (non-hydrogen) atoms. The second kappa shape index (κ2) is 13.6. The van der Waals surface area contributed by atoms with E-state index in [2.05, 4.69) is 27.4 Å². The maximum absolute atomic E-state index is 5.85. The van der Waals surface area contributed by atoms with E-state index < -0.39 is 0 Å². The third kappa shape index (κ3) is 8.16. The van der Waals surface area contributed by atoms with Crippen LogP contribution in [0.3, 0.4) is 0 Å². The number of halogens is 2. The van der Waals surface area contributed by atoms with Crippen molar-refractivity contribution in [2.24, 2.45) is 10.9 Å². The van der Waals surface area contributed by atoms with Gasteiger partial charge in [0.15, 0.2) is 5.96 Å². The smallest absolute Gasteiger partial charge is 0.191 e. The summed E-state index contributed by atoms with van der Waals surface area (Å²) in [4.78, 5) is 11.6. The third-order valence-electron chi connectivity index (χ3n) is 5.30. The van der Waals surface area contributed by atoms with Crippen molar-refractivity contribution in [1.29, 1.82) is 0 Å². The van der Waals surface area contributed by atoms with Gasteiger partial charge in [-0.05, 0) is 31.4 Å². The minimum absolute atomic E-state index is 0. The van der Waals surface area contributed by atoms with Gasteiger partial charge in [0.1, 0.15) is 5.15 Å². The van der Waals surface area contributed by atoms with E-state index in [4.69, 9.17) is 26.1 Å². The Balaban J connectivity index is 0.00000300. The fourth-order valence-electron chi connectivity index (χ4n) is 3.73. The standard InChI is InChI=1S/C20H32ClN5O2.HI/c1-2-22-20(23-7-5-16-3-4-19(21)24-13-16)25-14-18(17-6-10-28-15-17)26-8-11-27-12-9-26;/h3-4,13,17-18H,2,5-12,14-15H2,1H3,(H2,22,23,25);1H. The quantitative estimate of drug-likeness (QED) is 0.229. The van der Waals surface area contributed by atoms with E-state index in [1.54, 1.807) is 0 Å². The molecule has 2 aliphatic heterocycles. The highest BCUT2D eigenvalue weighted by atomic mass is 127. The van der Waals surface area contributed by atoms with Gasteiger partial charge in [-0.2, -0.15) is 0 Å². The topological polar surface area (TPSA) is 71.0 Å². The molecule has 2 saturated heterocycles. The van der Waals surface area contributed by atoms with Crippen molar-refractivity contribution >= 4 is 41.5 Å². The summed E-state index contributed by atoms with van der Waals surface area (Å²) in [5.41, 5.74) is 1.15. The molecule has 2 atom stereocenters. The summed E-state index contributed by atoms with van der Waals surface area (Å²) in [6.07, 6.45) is 3.81. The fourth-order valence-corrected chi connectivity index (χ4v) is 3.85. The Morgan fingerprint density at radius 1 is 1.28 bits per heavy atom. The number of hydrogen-bond donors (Lipinski definition) is 2. The first-order valence-electron chi connectivity index (χ1n) is 10.3. The maximum Gasteiger partial charge on any atom is 0.191 e. The first-order chi connectivity index (χ1) is 13.8. The zero-order valence-corrected chi connectivity index (χ0v) is 20.2. The van der Waals surface area contributed by atoms with E-state index in [-0.39, 0.29) is 24.0 Å². The molecule has 2 fully saturated rings. The van der Waals surface area contributed by atoms with Gasteiger partial charge < -0.3 is 20.1 Å². The Kier molecular flexibility index (Phi) is 11.5. The first-order valence-corrected chi connectivity index (χ1v) is 10.7. The summed E-state index contributed by atoms with van der Waals surface area (Å²) in [7, 11) is 0. The van der Waals surface area contributed by atoms with Crippen molar-refractivity contribution in [1.82, 2.24) is 20.5 Å². The van der Waals surface area contributed by atoms with Gasteiger partial charge in [-0.3, -0.25) is 9.89 Å². The SMILES string of the molecule is CCNC(=NCC(C1CCOC1)N1CCOCC1)NCCc1ccc(Cl)nc1.I. The molecule has 2 unspecified atom stereocenters. The maximum atomic E-state index is 5.85. The molecule has 0 saturated carbocycles. The number of hydrogen-bond acceptors (Lipinski definition) is 5. The number of nitrogens with one attached hydrogen (secondary N) is 2. The van der Waals surface area contributed by atoms with Crippen LogP contribution in [0.25, 0.3) is 0 Å². The minimum atomic E-state index is 0. The van der Waals surface area contributed by atoms with Crippen LogP contribution < -0.4 is 10.6 Å². The Hall–Kier alpha value is -0.680. The summed E-state index contributed by atoms with van der Waals surface area (Å²) in [6, 6.07) is 4.24. The van der Waals surface area contributed by atoms with E-state index in [1.807, 2.05) is 18.3 Å². The highest BCUT2D eigenvalue weighted by Gasteiger charge is 2.31. The van der Waals surface area contributed by atoms with Gasteiger partial charge in [-0.25, -0.2) is 4.98 Å². The molecule has 164 valence electrons. The lowest BCUT2D eigenvalue weighted by Gasteiger charge is -2.36. The van der Waals surface area contributed by atoms with Crippen molar-refractivity contribution in [3.05, 3.63) is 29.0 Å². The Bertz CT molecular complexity index is 607. The summed E-state index contributed by atoms with van der Waals surface area (Å²) >= 11 is 5.85. The lowest BCUT2D eigenvalue weighted by Crippen LogP contribution is -2.49. The Morgan fingerprint density at radius 3 is 2.76 bits per heavy atom. The van der Waals surface area contributed by atoms with Crippen LogP contribution in [0.2, 0.25) is 5.15 Å². The monoisotopic (exact) mass is 537 g/mol. The van der Waals surface area contributed by atoms with E-state index in [9.17, 15) is 0 Å². The van der Waals surface area contributed by atoms with Crippen LogP contribution in [0, 0.1) is 5.92 Å². The summed E-state index contributed by atoms with van der Waals surface area (Å²) in [6.45, 7) is 9.76. The van der Waals surface area contributed by atoms with Crippen LogP contribution in [-0.4, -0.2) is 81.0 Å². The molecule has 0 aromatic carbocycles. The second-order valence-corrected chi connectivity index (χ2v) is 7.61. The summed E-state index contributed by atoms with van der Waals surface area (Å²) in [5, 5.41) is 7.32. The Morgan fingerprint density at radius 2 is 2.10 bits per heavy atom. The number of guanidine groups is 1. The van der Waals surface area contributed by atoms with Crippen LogP contribution in [-0.2, 0) is 15.9 Å². The highest BCUT2D eigenvalue weighted by molar-refractivity contribution is 14.0. The average Bonchev–Trinajstić information content (AvgIpc) is 3.25. The lowest BCUT2D eigenvalue weighted by atomic mass is 9.97. The number of aromatic nitrogens is 1.